The molecule has 1 aromatic rings. The summed E-state index contributed by atoms with van der Waals surface area (Å²) in [6.07, 6.45) is 4.00. The van der Waals surface area contributed by atoms with Crippen LogP contribution in [0.15, 0.2) is 22.9 Å². The molecule has 0 aliphatic rings. The summed E-state index contributed by atoms with van der Waals surface area (Å²) in [5.41, 5.74) is 0. The number of aliphatic hydroxyl groups excluding tert-OH is 1. The highest BCUT2D eigenvalue weighted by Gasteiger charge is 2.03. The summed E-state index contributed by atoms with van der Waals surface area (Å²) in [5, 5.41) is 8.66. The normalized spacial score (nSPS) is 12.5. The fraction of sp³-hybridized carbons (Fsp3) is 0.444. The van der Waals surface area contributed by atoms with Crippen LogP contribution in [0.4, 0.5) is 0 Å². The lowest BCUT2D eigenvalue weighted by atomic mass is 10.3. The Labute approximate surface area is 85.9 Å². The molecule has 0 saturated heterocycles. The summed E-state index contributed by atoms with van der Waals surface area (Å²) in [6, 6.07) is 1.85. The lowest BCUT2D eigenvalue weighted by Gasteiger charge is -2.12. The van der Waals surface area contributed by atoms with Crippen molar-refractivity contribution in [2.45, 2.75) is 19.4 Å². The van der Waals surface area contributed by atoms with E-state index >= 15 is 0 Å². The highest BCUT2D eigenvalue weighted by molar-refractivity contribution is 9.10. The smallest absolute Gasteiger partial charge is 0.139 e. The highest BCUT2D eigenvalue weighted by Crippen LogP contribution is 2.17. The zero-order valence-corrected chi connectivity index (χ0v) is 8.99. The Balaban J connectivity index is 2.53. The van der Waals surface area contributed by atoms with Crippen molar-refractivity contribution in [3.05, 3.63) is 22.9 Å². The molecule has 0 saturated carbocycles. The van der Waals surface area contributed by atoms with E-state index in [1.54, 1.807) is 12.4 Å². The Bertz CT molecular complexity index is 268. The van der Waals surface area contributed by atoms with E-state index in [4.69, 9.17) is 9.84 Å². The van der Waals surface area contributed by atoms with E-state index in [2.05, 4.69) is 20.9 Å². The van der Waals surface area contributed by atoms with Crippen molar-refractivity contribution in [1.82, 2.24) is 4.98 Å². The second-order valence-electron chi connectivity index (χ2n) is 2.78. The summed E-state index contributed by atoms with van der Waals surface area (Å²) in [7, 11) is 0. The van der Waals surface area contributed by atoms with Crippen LogP contribution in [0, 0.1) is 0 Å². The third-order valence-corrected chi connectivity index (χ3v) is 1.99. The molecule has 1 aromatic heterocycles. The van der Waals surface area contributed by atoms with Gasteiger partial charge >= 0.3 is 0 Å². The van der Waals surface area contributed by atoms with E-state index in [9.17, 15) is 0 Å². The molecule has 1 unspecified atom stereocenters. The van der Waals surface area contributed by atoms with Crippen LogP contribution in [0.1, 0.15) is 13.3 Å². The molecular weight excluding hydrogens is 234 g/mol. The highest BCUT2D eigenvalue weighted by atomic mass is 79.9. The second-order valence-corrected chi connectivity index (χ2v) is 3.70. The van der Waals surface area contributed by atoms with Crippen LogP contribution >= 0.6 is 15.9 Å². The third-order valence-electron chi connectivity index (χ3n) is 1.55. The van der Waals surface area contributed by atoms with Crippen LogP contribution in [-0.4, -0.2) is 22.8 Å². The molecule has 1 atom stereocenters. The molecule has 0 amide bonds. The van der Waals surface area contributed by atoms with Crippen molar-refractivity contribution >= 4 is 15.9 Å². The Hall–Kier alpha value is -0.610. The van der Waals surface area contributed by atoms with Gasteiger partial charge in [0.1, 0.15) is 5.75 Å². The maximum atomic E-state index is 8.66. The minimum Gasteiger partial charge on any atom is -0.489 e. The third kappa shape index (κ3) is 3.74. The van der Waals surface area contributed by atoms with Gasteiger partial charge in [-0.1, -0.05) is 0 Å². The molecule has 0 fully saturated rings. The molecule has 72 valence electrons. The molecule has 1 rings (SSSR count). The lowest BCUT2D eigenvalue weighted by Crippen LogP contribution is -2.13. The maximum absolute atomic E-state index is 8.66. The van der Waals surface area contributed by atoms with Gasteiger partial charge in [-0.25, -0.2) is 0 Å². The number of aromatic nitrogens is 1. The molecule has 13 heavy (non-hydrogen) atoms. The average molecular weight is 246 g/mol. The molecule has 0 aliphatic carbocycles. The Kier molecular flexibility index (Phi) is 4.18. The Morgan fingerprint density at radius 2 is 2.38 bits per heavy atom. The maximum Gasteiger partial charge on any atom is 0.139 e. The van der Waals surface area contributed by atoms with Crippen LogP contribution in [-0.2, 0) is 0 Å². The van der Waals surface area contributed by atoms with E-state index in [1.165, 1.54) is 0 Å². The minimum absolute atomic E-state index is 0.0149. The number of hydrogen-bond donors (Lipinski definition) is 1. The predicted molar refractivity (Wildman–Crippen MR) is 53.7 cm³/mol. The van der Waals surface area contributed by atoms with E-state index in [-0.39, 0.29) is 12.7 Å². The first-order chi connectivity index (χ1) is 6.22. The zero-order chi connectivity index (χ0) is 9.68. The van der Waals surface area contributed by atoms with Gasteiger partial charge < -0.3 is 9.84 Å². The summed E-state index contributed by atoms with van der Waals surface area (Å²) in [4.78, 5) is 3.96. The summed E-state index contributed by atoms with van der Waals surface area (Å²) in [6.45, 7) is 2.06. The quantitative estimate of drug-likeness (QED) is 0.883. The van der Waals surface area contributed by atoms with Crippen molar-refractivity contribution in [3.63, 3.8) is 0 Å². The summed E-state index contributed by atoms with van der Waals surface area (Å²) in [5.74, 6) is 0.718. The molecule has 0 aromatic carbocycles. The van der Waals surface area contributed by atoms with Gasteiger partial charge in [0.25, 0.3) is 0 Å². The average Bonchev–Trinajstić information content (AvgIpc) is 2.04. The number of ether oxygens (including phenoxy) is 1. The minimum atomic E-state index is 0.0149. The van der Waals surface area contributed by atoms with Gasteiger partial charge in [0.2, 0.25) is 0 Å². The Morgan fingerprint density at radius 3 is 3.00 bits per heavy atom. The van der Waals surface area contributed by atoms with Crippen LogP contribution in [0.2, 0.25) is 0 Å². The molecule has 0 bridgehead atoms. The Morgan fingerprint density at radius 1 is 1.62 bits per heavy atom. The van der Waals surface area contributed by atoms with E-state index in [0.717, 1.165) is 10.2 Å². The van der Waals surface area contributed by atoms with Crippen molar-refractivity contribution < 1.29 is 9.84 Å². The number of halogens is 1. The van der Waals surface area contributed by atoms with Crippen molar-refractivity contribution in [1.29, 1.82) is 0 Å². The first-order valence-electron chi connectivity index (χ1n) is 4.10. The van der Waals surface area contributed by atoms with Crippen LogP contribution in [0.3, 0.4) is 0 Å². The summed E-state index contributed by atoms with van der Waals surface area (Å²) >= 11 is 3.30. The monoisotopic (exact) mass is 245 g/mol. The van der Waals surface area contributed by atoms with Crippen molar-refractivity contribution in [2.24, 2.45) is 0 Å². The van der Waals surface area contributed by atoms with Gasteiger partial charge in [0.15, 0.2) is 0 Å². The van der Waals surface area contributed by atoms with Gasteiger partial charge in [0.05, 0.1) is 12.3 Å². The second kappa shape index (κ2) is 5.19. The molecule has 4 heteroatoms. The van der Waals surface area contributed by atoms with E-state index in [1.807, 2.05) is 13.0 Å². The van der Waals surface area contributed by atoms with E-state index < -0.39 is 0 Å². The molecule has 0 radical (unpaired) electrons. The predicted octanol–water partition coefficient (Wildman–Crippen LogP) is 1.99. The van der Waals surface area contributed by atoms with Gasteiger partial charge in [-0.15, -0.1) is 0 Å². The fourth-order valence-electron chi connectivity index (χ4n) is 0.930. The number of aliphatic hydroxyl groups is 1. The number of hydrogen-bond acceptors (Lipinski definition) is 3. The van der Waals surface area contributed by atoms with Gasteiger partial charge in [0, 0.05) is 23.7 Å². The lowest BCUT2D eigenvalue weighted by molar-refractivity contribution is 0.168. The molecule has 3 nitrogen and oxygen atoms in total. The zero-order valence-electron chi connectivity index (χ0n) is 7.40. The first kappa shape index (κ1) is 10.5. The largest absolute Gasteiger partial charge is 0.489 e. The fourth-order valence-corrected chi connectivity index (χ4v) is 1.27. The number of nitrogens with zero attached hydrogens (tertiary/aromatic N) is 1. The van der Waals surface area contributed by atoms with Crippen molar-refractivity contribution in [2.75, 3.05) is 6.61 Å². The van der Waals surface area contributed by atoms with Crippen LogP contribution in [0.25, 0.3) is 0 Å². The van der Waals surface area contributed by atoms with Gasteiger partial charge in [-0.05, 0) is 28.9 Å². The van der Waals surface area contributed by atoms with E-state index in [0.29, 0.717) is 6.42 Å². The SMILES string of the molecule is CC(CCO)Oc1cncc(Br)c1. The molecule has 1 heterocycles. The summed E-state index contributed by atoms with van der Waals surface area (Å²) < 4.78 is 6.37. The van der Waals surface area contributed by atoms with Crippen LogP contribution in [0.5, 0.6) is 5.75 Å². The number of rotatable bonds is 4. The standard InChI is InChI=1S/C9H12BrNO2/c1-7(2-3-12)13-9-4-8(10)5-11-6-9/h4-7,12H,2-3H2,1H3. The first-order valence-corrected chi connectivity index (χ1v) is 4.89. The van der Waals surface area contributed by atoms with Gasteiger partial charge in [-0.3, -0.25) is 4.98 Å². The van der Waals surface area contributed by atoms with Crippen LogP contribution < -0.4 is 4.74 Å². The molecule has 0 aliphatic heterocycles. The number of pyridine rings is 1. The molecule has 0 spiro atoms. The molecule has 1 N–H and O–H groups in total. The van der Waals surface area contributed by atoms with Crippen molar-refractivity contribution in [3.8, 4) is 5.75 Å². The molecular formula is C9H12BrNO2. The topological polar surface area (TPSA) is 42.4 Å². The van der Waals surface area contributed by atoms with Gasteiger partial charge in [-0.2, -0.15) is 0 Å².